The van der Waals surface area contributed by atoms with E-state index in [0.717, 1.165) is 66.6 Å². The summed E-state index contributed by atoms with van der Waals surface area (Å²) in [5.41, 5.74) is 5.79. The molecule has 2 aromatic carbocycles. The SMILES string of the molecule is O=C(CCc1c(-c2ccccc2)nc2ccc(-c3ccccc3Cl)cn12)NCCN1CCOCC1. The van der Waals surface area contributed by atoms with Gasteiger partial charge in [0, 0.05) is 54.9 Å². The third kappa shape index (κ3) is 5.56. The predicted octanol–water partition coefficient (Wildman–Crippen LogP) is 4.70. The molecule has 0 unspecified atom stereocenters. The van der Waals surface area contributed by atoms with Crippen molar-refractivity contribution in [2.75, 3.05) is 39.4 Å². The summed E-state index contributed by atoms with van der Waals surface area (Å²) in [5.74, 6) is 0.0504. The molecule has 35 heavy (non-hydrogen) atoms. The van der Waals surface area contributed by atoms with Crippen molar-refractivity contribution in [3.63, 3.8) is 0 Å². The summed E-state index contributed by atoms with van der Waals surface area (Å²) in [5, 5.41) is 3.78. The molecule has 0 bridgehead atoms. The number of fused-ring (bicyclic) bond motifs is 1. The normalized spacial score (nSPS) is 14.3. The minimum atomic E-state index is 0.0504. The lowest BCUT2D eigenvalue weighted by Gasteiger charge is -2.26. The van der Waals surface area contributed by atoms with Crippen molar-refractivity contribution in [1.82, 2.24) is 19.6 Å². The van der Waals surface area contributed by atoms with Crippen LogP contribution in [0.1, 0.15) is 12.1 Å². The minimum absolute atomic E-state index is 0.0504. The fraction of sp³-hybridized carbons (Fsp3) is 0.286. The van der Waals surface area contributed by atoms with E-state index in [1.54, 1.807) is 0 Å². The monoisotopic (exact) mass is 488 g/mol. The maximum absolute atomic E-state index is 12.7. The Balaban J connectivity index is 1.38. The number of ether oxygens (including phenoxy) is 1. The van der Waals surface area contributed by atoms with Gasteiger partial charge in [0.1, 0.15) is 5.65 Å². The Kier molecular flexibility index (Phi) is 7.42. The first-order valence-electron chi connectivity index (χ1n) is 12.1. The van der Waals surface area contributed by atoms with Crippen LogP contribution in [0.3, 0.4) is 0 Å². The number of aromatic nitrogens is 2. The zero-order valence-electron chi connectivity index (χ0n) is 19.6. The summed E-state index contributed by atoms with van der Waals surface area (Å²) in [7, 11) is 0. The lowest BCUT2D eigenvalue weighted by molar-refractivity contribution is -0.121. The molecular weight excluding hydrogens is 460 g/mol. The Hall–Kier alpha value is -3.19. The van der Waals surface area contributed by atoms with Crippen molar-refractivity contribution in [3.8, 4) is 22.4 Å². The standard InChI is InChI=1S/C28H29ClN4O2/c29-24-9-5-4-8-23(24)22-10-12-26-31-28(21-6-2-1-3-7-21)25(33(26)20-22)11-13-27(34)30-14-15-32-16-18-35-19-17-32/h1-10,12,20H,11,13-19H2,(H,30,34). The highest BCUT2D eigenvalue weighted by atomic mass is 35.5. The first-order chi connectivity index (χ1) is 17.2. The molecule has 180 valence electrons. The number of rotatable bonds is 8. The fourth-order valence-corrected chi connectivity index (χ4v) is 4.76. The van der Waals surface area contributed by atoms with Gasteiger partial charge in [0.15, 0.2) is 0 Å². The smallest absolute Gasteiger partial charge is 0.220 e. The number of hydrogen-bond donors (Lipinski definition) is 1. The highest BCUT2D eigenvalue weighted by Gasteiger charge is 2.17. The van der Waals surface area contributed by atoms with Gasteiger partial charge in [-0.15, -0.1) is 0 Å². The topological polar surface area (TPSA) is 58.9 Å². The minimum Gasteiger partial charge on any atom is -0.379 e. The van der Waals surface area contributed by atoms with Gasteiger partial charge < -0.3 is 14.5 Å². The van der Waals surface area contributed by atoms with Gasteiger partial charge in [-0.2, -0.15) is 0 Å². The molecule has 3 heterocycles. The Morgan fingerprint density at radius 3 is 2.54 bits per heavy atom. The van der Waals surface area contributed by atoms with Gasteiger partial charge in [-0.05, 0) is 30.2 Å². The summed E-state index contributed by atoms with van der Waals surface area (Å²) in [6, 6.07) is 22.0. The Labute approximate surface area is 210 Å². The van der Waals surface area contributed by atoms with Crippen LogP contribution >= 0.6 is 11.6 Å². The average molecular weight is 489 g/mol. The highest BCUT2D eigenvalue weighted by molar-refractivity contribution is 6.33. The predicted molar refractivity (Wildman–Crippen MR) is 140 cm³/mol. The molecule has 6 nitrogen and oxygen atoms in total. The third-order valence-electron chi connectivity index (χ3n) is 6.39. The number of amides is 1. The van der Waals surface area contributed by atoms with E-state index in [0.29, 0.717) is 24.4 Å². The number of carbonyl (C=O) groups is 1. The number of nitrogens with one attached hydrogen (secondary N) is 1. The second-order valence-electron chi connectivity index (χ2n) is 8.70. The van der Waals surface area contributed by atoms with Gasteiger partial charge in [0.2, 0.25) is 5.91 Å². The number of benzene rings is 2. The molecule has 1 saturated heterocycles. The van der Waals surface area contributed by atoms with E-state index in [-0.39, 0.29) is 5.91 Å². The fourth-order valence-electron chi connectivity index (χ4n) is 4.51. The molecule has 7 heteroatoms. The third-order valence-corrected chi connectivity index (χ3v) is 6.72. The number of imidazole rings is 1. The van der Waals surface area contributed by atoms with E-state index in [4.69, 9.17) is 21.3 Å². The molecular formula is C28H29ClN4O2. The van der Waals surface area contributed by atoms with E-state index in [1.165, 1.54) is 0 Å². The molecule has 0 saturated carbocycles. The van der Waals surface area contributed by atoms with Gasteiger partial charge in [0.25, 0.3) is 0 Å². The molecule has 1 fully saturated rings. The molecule has 0 radical (unpaired) electrons. The molecule has 1 aliphatic rings. The number of hydrogen-bond acceptors (Lipinski definition) is 4. The van der Waals surface area contributed by atoms with E-state index < -0.39 is 0 Å². The van der Waals surface area contributed by atoms with Crippen molar-refractivity contribution in [1.29, 1.82) is 0 Å². The number of carbonyl (C=O) groups excluding carboxylic acids is 1. The average Bonchev–Trinajstić information content (AvgIpc) is 3.27. The molecule has 4 aromatic rings. The maximum atomic E-state index is 12.7. The van der Waals surface area contributed by atoms with Crippen LogP contribution in [0, 0.1) is 0 Å². The number of morpholine rings is 1. The van der Waals surface area contributed by atoms with Gasteiger partial charge >= 0.3 is 0 Å². The zero-order valence-corrected chi connectivity index (χ0v) is 20.4. The van der Waals surface area contributed by atoms with Crippen LogP contribution in [0.4, 0.5) is 0 Å². The second kappa shape index (κ2) is 11.0. The molecule has 0 spiro atoms. The Morgan fingerprint density at radius 1 is 0.971 bits per heavy atom. The second-order valence-corrected chi connectivity index (χ2v) is 9.11. The molecule has 1 amide bonds. The van der Waals surface area contributed by atoms with Crippen LogP contribution in [-0.4, -0.2) is 59.6 Å². The highest BCUT2D eigenvalue weighted by Crippen LogP contribution is 2.31. The maximum Gasteiger partial charge on any atom is 0.220 e. The van der Waals surface area contributed by atoms with E-state index >= 15 is 0 Å². The largest absolute Gasteiger partial charge is 0.379 e. The summed E-state index contributed by atoms with van der Waals surface area (Å²) in [6.45, 7) is 4.87. The Morgan fingerprint density at radius 2 is 1.74 bits per heavy atom. The van der Waals surface area contributed by atoms with Gasteiger partial charge in [-0.3, -0.25) is 9.69 Å². The molecule has 2 aromatic heterocycles. The molecule has 1 N–H and O–H groups in total. The van der Waals surface area contributed by atoms with Crippen LogP contribution < -0.4 is 5.32 Å². The van der Waals surface area contributed by atoms with Crippen molar-refractivity contribution in [2.45, 2.75) is 12.8 Å². The van der Waals surface area contributed by atoms with Crippen LogP contribution in [-0.2, 0) is 16.0 Å². The lowest BCUT2D eigenvalue weighted by Crippen LogP contribution is -2.41. The van der Waals surface area contributed by atoms with Gasteiger partial charge in [0.05, 0.1) is 24.6 Å². The zero-order chi connectivity index (χ0) is 24.0. The molecule has 1 aliphatic heterocycles. The quantitative estimate of drug-likeness (QED) is 0.390. The lowest BCUT2D eigenvalue weighted by atomic mass is 10.1. The first kappa shape index (κ1) is 23.5. The first-order valence-corrected chi connectivity index (χ1v) is 12.4. The van der Waals surface area contributed by atoms with E-state index in [2.05, 4.69) is 32.9 Å². The summed E-state index contributed by atoms with van der Waals surface area (Å²) in [6.07, 6.45) is 3.05. The number of nitrogens with zero attached hydrogens (tertiary/aromatic N) is 3. The molecule has 0 atom stereocenters. The number of pyridine rings is 1. The van der Waals surface area contributed by atoms with Crippen LogP contribution in [0.2, 0.25) is 5.02 Å². The van der Waals surface area contributed by atoms with Gasteiger partial charge in [-0.1, -0.05) is 60.1 Å². The van der Waals surface area contributed by atoms with E-state index in [1.807, 2.05) is 54.6 Å². The molecule has 0 aliphatic carbocycles. The summed E-state index contributed by atoms with van der Waals surface area (Å²) >= 11 is 6.47. The van der Waals surface area contributed by atoms with Crippen molar-refractivity contribution in [3.05, 3.63) is 83.6 Å². The van der Waals surface area contributed by atoms with Crippen molar-refractivity contribution < 1.29 is 9.53 Å². The van der Waals surface area contributed by atoms with Gasteiger partial charge in [-0.25, -0.2) is 4.98 Å². The summed E-state index contributed by atoms with van der Waals surface area (Å²) < 4.78 is 7.49. The van der Waals surface area contributed by atoms with Crippen molar-refractivity contribution in [2.24, 2.45) is 0 Å². The van der Waals surface area contributed by atoms with Crippen LogP contribution in [0.5, 0.6) is 0 Å². The van der Waals surface area contributed by atoms with Crippen LogP contribution in [0.25, 0.3) is 28.0 Å². The number of aryl methyl sites for hydroxylation is 1. The Bertz CT molecular complexity index is 1300. The van der Waals surface area contributed by atoms with E-state index in [9.17, 15) is 4.79 Å². The van der Waals surface area contributed by atoms with Crippen LogP contribution in [0.15, 0.2) is 72.9 Å². The summed E-state index contributed by atoms with van der Waals surface area (Å²) in [4.78, 5) is 19.9. The number of halogens is 1. The molecule has 5 rings (SSSR count). The van der Waals surface area contributed by atoms with Crippen molar-refractivity contribution >= 4 is 23.2 Å².